The number of β-amino-alcohol motifs (C(OH)–C–C–N with tert-alkyl or cyclic N) is 1. The summed E-state index contributed by atoms with van der Waals surface area (Å²) in [7, 11) is 0. The van der Waals surface area contributed by atoms with E-state index in [0.29, 0.717) is 17.6 Å². The Morgan fingerprint density at radius 1 is 1.38 bits per heavy atom. The van der Waals surface area contributed by atoms with E-state index in [1.54, 1.807) is 6.07 Å². The van der Waals surface area contributed by atoms with Crippen molar-refractivity contribution in [1.29, 1.82) is 0 Å². The summed E-state index contributed by atoms with van der Waals surface area (Å²) in [6.45, 7) is 4.50. The molecule has 2 N–H and O–H groups in total. The second kappa shape index (κ2) is 7.19. The number of nitrogens with zero attached hydrogens (tertiary/aromatic N) is 3. The zero-order valence-corrected chi connectivity index (χ0v) is 15.0. The average molecular weight is 374 g/mol. The Labute approximate surface area is 150 Å². The Hall–Kier alpha value is -1.61. The third-order valence-corrected chi connectivity index (χ3v) is 5.11. The van der Waals surface area contributed by atoms with Gasteiger partial charge in [0.1, 0.15) is 18.0 Å². The smallest absolute Gasteiger partial charge is 0.379 e. The van der Waals surface area contributed by atoms with Crippen molar-refractivity contribution in [3.8, 4) is 0 Å². The van der Waals surface area contributed by atoms with Crippen LogP contribution in [-0.4, -0.2) is 58.7 Å². The fraction of sp³-hybridized carbons (Fsp3) is 0.765. The molecule has 2 aliphatic rings. The summed E-state index contributed by atoms with van der Waals surface area (Å²) in [4.78, 5) is 9.72. The van der Waals surface area contributed by atoms with Gasteiger partial charge in [0, 0.05) is 25.6 Å². The molecule has 3 rings (SSSR count). The van der Waals surface area contributed by atoms with E-state index in [1.165, 1.54) is 11.2 Å². The van der Waals surface area contributed by atoms with E-state index in [0.717, 1.165) is 19.4 Å². The van der Waals surface area contributed by atoms with Crippen molar-refractivity contribution >= 4 is 11.6 Å². The van der Waals surface area contributed by atoms with Crippen molar-refractivity contribution in [3.05, 3.63) is 12.4 Å². The molecule has 9 heteroatoms. The molecule has 3 unspecified atom stereocenters. The molecule has 0 amide bonds. The molecule has 2 aliphatic heterocycles. The zero-order valence-electron chi connectivity index (χ0n) is 15.0. The van der Waals surface area contributed by atoms with Crippen LogP contribution in [0.1, 0.15) is 33.1 Å². The van der Waals surface area contributed by atoms with Gasteiger partial charge in [-0.05, 0) is 18.8 Å². The summed E-state index contributed by atoms with van der Waals surface area (Å²) >= 11 is 0. The summed E-state index contributed by atoms with van der Waals surface area (Å²) in [6, 6.07) is 1.73. The number of hydrogen-bond donors (Lipinski definition) is 2. The summed E-state index contributed by atoms with van der Waals surface area (Å²) in [5, 5.41) is 13.2. The van der Waals surface area contributed by atoms with Gasteiger partial charge in [0.05, 0.1) is 18.7 Å². The highest BCUT2D eigenvalue weighted by atomic mass is 19.4. The number of hydrogen-bond acceptors (Lipinski definition) is 6. The van der Waals surface area contributed by atoms with Crippen molar-refractivity contribution in [3.63, 3.8) is 0 Å². The normalized spacial score (nSPS) is 30.0. The third-order valence-electron chi connectivity index (χ3n) is 5.11. The fourth-order valence-electron chi connectivity index (χ4n) is 3.62. The van der Waals surface area contributed by atoms with Gasteiger partial charge in [-0.25, -0.2) is 9.97 Å². The maximum Gasteiger partial charge on any atom is 0.418 e. The maximum atomic E-state index is 13.0. The summed E-state index contributed by atoms with van der Waals surface area (Å²) < 4.78 is 44.9. The number of aliphatic hydroxyl groups is 1. The number of nitrogens with one attached hydrogen (secondary N) is 1. The van der Waals surface area contributed by atoms with E-state index >= 15 is 0 Å². The first-order chi connectivity index (χ1) is 12.2. The quantitative estimate of drug-likeness (QED) is 0.844. The molecule has 6 nitrogen and oxygen atoms in total. The van der Waals surface area contributed by atoms with Gasteiger partial charge in [-0.3, -0.25) is 0 Å². The molecule has 2 fully saturated rings. The van der Waals surface area contributed by atoms with Crippen molar-refractivity contribution in [1.82, 2.24) is 9.97 Å². The second-order valence-corrected chi connectivity index (χ2v) is 7.43. The molecule has 3 heterocycles. The van der Waals surface area contributed by atoms with Crippen LogP contribution < -0.4 is 10.2 Å². The molecule has 0 bridgehead atoms. The second-order valence-electron chi connectivity index (χ2n) is 7.43. The van der Waals surface area contributed by atoms with E-state index in [-0.39, 0.29) is 25.1 Å². The summed E-state index contributed by atoms with van der Waals surface area (Å²) in [6.07, 6.45) is -1.74. The molecule has 0 aliphatic carbocycles. The van der Waals surface area contributed by atoms with Crippen LogP contribution in [0, 0.1) is 5.92 Å². The first-order valence-electron chi connectivity index (χ1n) is 8.94. The molecule has 2 saturated heterocycles. The molecule has 0 spiro atoms. The Morgan fingerprint density at radius 2 is 2.15 bits per heavy atom. The largest absolute Gasteiger partial charge is 0.418 e. The molecule has 26 heavy (non-hydrogen) atoms. The van der Waals surface area contributed by atoms with Gasteiger partial charge in [0.2, 0.25) is 0 Å². The van der Waals surface area contributed by atoms with E-state index in [4.69, 9.17) is 4.74 Å². The maximum absolute atomic E-state index is 13.0. The van der Waals surface area contributed by atoms with E-state index < -0.39 is 18.3 Å². The van der Waals surface area contributed by atoms with Gasteiger partial charge in [-0.1, -0.05) is 13.8 Å². The Bertz CT molecular complexity index is 628. The molecular weight excluding hydrogens is 349 g/mol. The molecule has 0 radical (unpaired) electrons. The lowest BCUT2D eigenvalue weighted by molar-refractivity contribution is -0.250. The minimum Gasteiger partial charge on any atom is -0.379 e. The van der Waals surface area contributed by atoms with Crippen molar-refractivity contribution in [2.45, 2.75) is 57.0 Å². The topological polar surface area (TPSA) is 70.5 Å². The van der Waals surface area contributed by atoms with Crippen LogP contribution in [0.2, 0.25) is 0 Å². The first kappa shape index (κ1) is 19.2. The van der Waals surface area contributed by atoms with Crippen LogP contribution in [0.5, 0.6) is 0 Å². The van der Waals surface area contributed by atoms with E-state index in [9.17, 15) is 18.3 Å². The molecular formula is C17H25F3N4O2. The highest BCUT2D eigenvalue weighted by molar-refractivity contribution is 5.50. The predicted octanol–water partition coefficient (Wildman–Crippen LogP) is 2.60. The first-order valence-corrected chi connectivity index (χ1v) is 8.94. The highest BCUT2D eigenvalue weighted by Crippen LogP contribution is 2.39. The monoisotopic (exact) mass is 374 g/mol. The number of ether oxygens (including phenoxy) is 1. The zero-order chi connectivity index (χ0) is 18.9. The molecule has 0 aromatic carbocycles. The highest BCUT2D eigenvalue weighted by Gasteiger charge is 2.57. The number of halogens is 3. The van der Waals surface area contributed by atoms with Gasteiger partial charge in [-0.15, -0.1) is 0 Å². The van der Waals surface area contributed by atoms with Crippen LogP contribution in [-0.2, 0) is 4.74 Å². The van der Waals surface area contributed by atoms with E-state index in [1.807, 2.05) is 0 Å². The van der Waals surface area contributed by atoms with Crippen LogP contribution in [0.3, 0.4) is 0 Å². The van der Waals surface area contributed by atoms with Crippen LogP contribution in [0.4, 0.5) is 24.8 Å². The molecule has 1 aromatic heterocycles. The van der Waals surface area contributed by atoms with Crippen molar-refractivity contribution in [2.75, 3.05) is 29.9 Å². The lowest BCUT2D eigenvalue weighted by atomic mass is 9.94. The lowest BCUT2D eigenvalue weighted by Gasteiger charge is -2.35. The van der Waals surface area contributed by atoms with Crippen LogP contribution in [0.15, 0.2) is 12.4 Å². The Kier molecular flexibility index (Phi) is 5.30. The molecule has 1 aromatic rings. The predicted molar refractivity (Wildman–Crippen MR) is 91.1 cm³/mol. The van der Waals surface area contributed by atoms with Crippen LogP contribution in [0.25, 0.3) is 0 Å². The number of anilines is 2. The average Bonchev–Trinajstić information content (AvgIpc) is 2.99. The van der Waals surface area contributed by atoms with Gasteiger partial charge < -0.3 is 20.1 Å². The SMILES string of the molecule is CC(C)C1OCCCC1Nc1cc(N2CCC(O)(C(F)(F)F)C2)ncn1. The van der Waals surface area contributed by atoms with Gasteiger partial charge in [0.25, 0.3) is 0 Å². The molecule has 146 valence electrons. The van der Waals surface area contributed by atoms with Crippen molar-refractivity contribution in [2.24, 2.45) is 5.92 Å². The van der Waals surface area contributed by atoms with Gasteiger partial charge in [-0.2, -0.15) is 13.2 Å². The summed E-state index contributed by atoms with van der Waals surface area (Å²) in [5.41, 5.74) is -2.69. The number of alkyl halides is 3. The third kappa shape index (κ3) is 3.88. The van der Waals surface area contributed by atoms with Gasteiger partial charge in [0.15, 0.2) is 5.60 Å². The number of aromatic nitrogens is 2. The molecule has 0 saturated carbocycles. The Morgan fingerprint density at radius 3 is 2.81 bits per heavy atom. The lowest BCUT2D eigenvalue weighted by Crippen LogP contribution is -2.47. The van der Waals surface area contributed by atoms with Gasteiger partial charge >= 0.3 is 6.18 Å². The van der Waals surface area contributed by atoms with Crippen molar-refractivity contribution < 1.29 is 23.0 Å². The van der Waals surface area contributed by atoms with E-state index in [2.05, 4.69) is 29.1 Å². The standard InChI is InChI=1S/C17H25F3N4O2/c1-11(2)15-12(4-3-7-26-15)23-13-8-14(22-10-21-13)24-6-5-16(25,9-24)17(18,19)20/h8,10-12,15,25H,3-7,9H2,1-2H3,(H,21,22,23). The number of rotatable bonds is 4. The minimum absolute atomic E-state index is 0.0595. The van der Waals surface area contributed by atoms with Crippen LogP contribution >= 0.6 is 0 Å². The minimum atomic E-state index is -4.65. The summed E-state index contributed by atoms with van der Waals surface area (Å²) in [5.74, 6) is 1.27. The molecule has 3 atom stereocenters. The Balaban J connectivity index is 1.71. The fourth-order valence-corrected chi connectivity index (χ4v) is 3.62.